The summed E-state index contributed by atoms with van der Waals surface area (Å²) in [5.41, 5.74) is 1.81. The van der Waals surface area contributed by atoms with Gasteiger partial charge in [0.1, 0.15) is 11.4 Å². The van der Waals surface area contributed by atoms with Crippen molar-refractivity contribution in [1.82, 2.24) is 5.32 Å². The minimum atomic E-state index is -0.849. The molecule has 0 bridgehead atoms. The Kier molecular flexibility index (Phi) is 5.90. The first-order chi connectivity index (χ1) is 15.5. The summed E-state index contributed by atoms with van der Waals surface area (Å²) in [7, 11) is 0. The van der Waals surface area contributed by atoms with Crippen molar-refractivity contribution in [3.05, 3.63) is 63.4 Å². The number of nitrogens with zero attached hydrogens (tertiary/aromatic N) is 2. The van der Waals surface area contributed by atoms with E-state index in [0.29, 0.717) is 10.2 Å². The minimum absolute atomic E-state index is 0.113. The number of benzene rings is 2. The SMILES string of the molecule is CCN1c2cc(F)c(/C=C3/C(=O)NC(=O)N(c4cccc(Br)c4)C3=O)cc2C(C)CC1(C)C. The van der Waals surface area contributed by atoms with E-state index in [1.54, 1.807) is 30.3 Å². The molecule has 2 aromatic rings. The fourth-order valence-corrected chi connectivity index (χ4v) is 5.28. The van der Waals surface area contributed by atoms with Crippen molar-refractivity contribution in [2.75, 3.05) is 16.3 Å². The molecule has 8 heteroatoms. The number of nitrogens with one attached hydrogen (secondary N) is 1. The number of hydrogen-bond donors (Lipinski definition) is 1. The van der Waals surface area contributed by atoms with E-state index < -0.39 is 23.7 Å². The average molecular weight is 514 g/mol. The molecule has 2 aromatic carbocycles. The Balaban J connectivity index is 1.78. The van der Waals surface area contributed by atoms with E-state index in [9.17, 15) is 14.4 Å². The Morgan fingerprint density at radius 2 is 1.94 bits per heavy atom. The predicted molar refractivity (Wildman–Crippen MR) is 130 cm³/mol. The number of barbiturate groups is 1. The first kappa shape index (κ1) is 23.2. The molecule has 2 aliphatic rings. The van der Waals surface area contributed by atoms with Gasteiger partial charge >= 0.3 is 6.03 Å². The number of halogens is 2. The van der Waals surface area contributed by atoms with Gasteiger partial charge in [-0.25, -0.2) is 14.1 Å². The molecule has 1 fully saturated rings. The zero-order valence-electron chi connectivity index (χ0n) is 18.9. The summed E-state index contributed by atoms with van der Waals surface area (Å²) in [6.07, 6.45) is 2.12. The molecule has 0 saturated carbocycles. The summed E-state index contributed by atoms with van der Waals surface area (Å²) >= 11 is 3.31. The van der Waals surface area contributed by atoms with Gasteiger partial charge in [0.25, 0.3) is 11.8 Å². The molecule has 172 valence electrons. The topological polar surface area (TPSA) is 69.7 Å². The fourth-order valence-electron chi connectivity index (χ4n) is 4.89. The first-order valence-electron chi connectivity index (χ1n) is 10.8. The number of anilines is 2. The summed E-state index contributed by atoms with van der Waals surface area (Å²) in [5.74, 6) is -2.01. The second-order valence-corrected chi connectivity index (χ2v) is 9.95. The second-order valence-electron chi connectivity index (χ2n) is 9.03. The van der Waals surface area contributed by atoms with E-state index in [-0.39, 0.29) is 22.6 Å². The van der Waals surface area contributed by atoms with Crippen molar-refractivity contribution in [2.24, 2.45) is 0 Å². The highest BCUT2D eigenvalue weighted by Gasteiger charge is 2.38. The smallest absolute Gasteiger partial charge is 0.335 e. The van der Waals surface area contributed by atoms with E-state index in [1.807, 2.05) is 6.92 Å². The maximum absolute atomic E-state index is 15.2. The lowest BCUT2D eigenvalue weighted by Gasteiger charge is -2.47. The summed E-state index contributed by atoms with van der Waals surface area (Å²) < 4.78 is 15.9. The summed E-state index contributed by atoms with van der Waals surface area (Å²) in [6.45, 7) is 9.14. The molecule has 1 unspecified atom stereocenters. The molecule has 2 heterocycles. The van der Waals surface area contributed by atoms with Crippen LogP contribution < -0.4 is 15.1 Å². The lowest BCUT2D eigenvalue weighted by molar-refractivity contribution is -0.122. The number of rotatable bonds is 3. The van der Waals surface area contributed by atoms with Gasteiger partial charge in [-0.1, -0.05) is 28.9 Å². The van der Waals surface area contributed by atoms with Crippen LogP contribution in [0.4, 0.5) is 20.6 Å². The van der Waals surface area contributed by atoms with Gasteiger partial charge in [0, 0.05) is 27.8 Å². The van der Waals surface area contributed by atoms with Crippen LogP contribution in [0, 0.1) is 5.82 Å². The normalized spacial score (nSPS) is 21.3. The zero-order chi connectivity index (χ0) is 24.1. The second kappa shape index (κ2) is 8.41. The van der Waals surface area contributed by atoms with Gasteiger partial charge in [0.05, 0.1) is 5.69 Å². The van der Waals surface area contributed by atoms with Crippen LogP contribution in [-0.4, -0.2) is 29.9 Å². The van der Waals surface area contributed by atoms with Crippen molar-refractivity contribution in [2.45, 2.75) is 45.6 Å². The molecule has 33 heavy (non-hydrogen) atoms. The minimum Gasteiger partial charge on any atom is -0.366 e. The molecule has 0 spiro atoms. The monoisotopic (exact) mass is 513 g/mol. The molecular weight excluding hydrogens is 489 g/mol. The van der Waals surface area contributed by atoms with Crippen molar-refractivity contribution >= 4 is 51.2 Å². The van der Waals surface area contributed by atoms with Gasteiger partial charge in [0.15, 0.2) is 0 Å². The molecule has 1 atom stereocenters. The molecule has 4 rings (SSSR count). The molecule has 0 radical (unpaired) electrons. The quantitative estimate of drug-likeness (QED) is 0.442. The molecule has 4 amide bonds. The third-order valence-electron chi connectivity index (χ3n) is 6.29. The van der Waals surface area contributed by atoms with E-state index >= 15 is 4.39 Å². The number of imide groups is 2. The van der Waals surface area contributed by atoms with Crippen LogP contribution >= 0.6 is 15.9 Å². The molecule has 0 aliphatic carbocycles. The molecular formula is C25H25BrFN3O3. The van der Waals surface area contributed by atoms with Crippen LogP contribution in [0.2, 0.25) is 0 Å². The average Bonchev–Trinajstić information content (AvgIpc) is 2.71. The highest BCUT2D eigenvalue weighted by molar-refractivity contribution is 9.10. The Labute approximate surface area is 200 Å². The van der Waals surface area contributed by atoms with Crippen LogP contribution in [-0.2, 0) is 9.59 Å². The fraction of sp³-hybridized carbons (Fsp3) is 0.320. The van der Waals surface area contributed by atoms with Crippen molar-refractivity contribution in [1.29, 1.82) is 0 Å². The first-order valence-corrected chi connectivity index (χ1v) is 11.6. The van der Waals surface area contributed by atoms with Crippen molar-refractivity contribution in [3.8, 4) is 0 Å². The Hall–Kier alpha value is -3.00. The van der Waals surface area contributed by atoms with Crippen molar-refractivity contribution in [3.63, 3.8) is 0 Å². The number of amides is 4. The van der Waals surface area contributed by atoms with Crippen LogP contribution in [0.15, 0.2) is 46.4 Å². The van der Waals surface area contributed by atoms with Gasteiger partial charge in [0.2, 0.25) is 0 Å². The van der Waals surface area contributed by atoms with Crippen LogP contribution in [0.5, 0.6) is 0 Å². The standard InChI is InChI=1S/C25H25BrFN3O3/c1-5-29-21-12-20(27)15(9-18(21)14(2)13-25(29,3)4)10-19-22(31)28-24(33)30(23(19)32)17-8-6-7-16(26)11-17/h6-12,14H,5,13H2,1-4H3,(H,28,31,33)/b19-10-. The highest BCUT2D eigenvalue weighted by Crippen LogP contribution is 2.44. The van der Waals surface area contributed by atoms with Crippen molar-refractivity contribution < 1.29 is 18.8 Å². The molecule has 1 N–H and O–H groups in total. The Morgan fingerprint density at radius 1 is 1.21 bits per heavy atom. The number of carbonyl (C=O) groups is 3. The molecule has 0 aromatic heterocycles. The number of fused-ring (bicyclic) bond motifs is 1. The highest BCUT2D eigenvalue weighted by atomic mass is 79.9. The molecule has 2 aliphatic heterocycles. The van der Waals surface area contributed by atoms with Crippen LogP contribution in [0.3, 0.4) is 0 Å². The summed E-state index contributed by atoms with van der Waals surface area (Å²) in [6, 6.07) is 8.94. The van der Waals surface area contributed by atoms with Crippen LogP contribution in [0.25, 0.3) is 6.08 Å². The van der Waals surface area contributed by atoms with Crippen LogP contribution in [0.1, 0.15) is 51.2 Å². The summed E-state index contributed by atoms with van der Waals surface area (Å²) in [4.78, 5) is 41.1. The molecule has 1 saturated heterocycles. The Bertz CT molecular complexity index is 1210. The lowest BCUT2D eigenvalue weighted by atomic mass is 9.79. The maximum Gasteiger partial charge on any atom is 0.335 e. The third kappa shape index (κ3) is 4.08. The van der Waals surface area contributed by atoms with E-state index in [1.165, 1.54) is 12.1 Å². The predicted octanol–water partition coefficient (Wildman–Crippen LogP) is 5.37. The van der Waals surface area contributed by atoms with Gasteiger partial charge in [-0.2, -0.15) is 0 Å². The molecule has 6 nitrogen and oxygen atoms in total. The number of hydrogen-bond acceptors (Lipinski definition) is 4. The number of carbonyl (C=O) groups excluding carboxylic acids is 3. The van der Waals surface area contributed by atoms with E-state index in [0.717, 1.165) is 29.1 Å². The summed E-state index contributed by atoms with van der Waals surface area (Å²) in [5, 5.41) is 2.18. The zero-order valence-corrected chi connectivity index (χ0v) is 20.5. The van der Waals surface area contributed by atoms with Gasteiger partial charge in [-0.15, -0.1) is 0 Å². The van der Waals surface area contributed by atoms with E-state index in [2.05, 4.69) is 46.9 Å². The van der Waals surface area contributed by atoms with Gasteiger partial charge in [-0.05, 0) is 75.1 Å². The van der Waals surface area contributed by atoms with Gasteiger partial charge < -0.3 is 4.90 Å². The third-order valence-corrected chi connectivity index (χ3v) is 6.78. The van der Waals surface area contributed by atoms with E-state index in [4.69, 9.17) is 0 Å². The number of urea groups is 1. The Morgan fingerprint density at radius 3 is 2.61 bits per heavy atom. The lowest BCUT2D eigenvalue weighted by Crippen LogP contribution is -2.54. The largest absolute Gasteiger partial charge is 0.366 e. The van der Waals surface area contributed by atoms with Gasteiger partial charge in [-0.3, -0.25) is 14.9 Å². The maximum atomic E-state index is 15.2.